The molecule has 0 N–H and O–H groups in total. The van der Waals surface area contributed by atoms with Crippen LogP contribution in [0.4, 0.5) is 0 Å². The molecule has 1 aromatic heterocycles. The SMILES string of the molecule is CC(=O)Cc1csc(C2CCCCS2(=O)=O)n1. The molecule has 1 unspecified atom stereocenters. The zero-order valence-electron chi connectivity index (χ0n) is 9.68. The van der Waals surface area contributed by atoms with Crippen molar-refractivity contribution >= 4 is 27.0 Å². The first-order valence-corrected chi connectivity index (χ1v) is 8.24. The van der Waals surface area contributed by atoms with E-state index in [-0.39, 0.29) is 11.5 Å². The standard InChI is InChI=1S/C11H15NO3S2/c1-8(13)6-9-7-16-11(12-9)10-4-2-3-5-17(10,14)15/h7,10H,2-6H2,1H3. The molecular formula is C11H15NO3S2. The number of thiazole rings is 1. The smallest absolute Gasteiger partial charge is 0.159 e. The van der Waals surface area contributed by atoms with Crippen LogP contribution in [0.3, 0.4) is 0 Å². The van der Waals surface area contributed by atoms with Crippen molar-refractivity contribution in [2.45, 2.75) is 37.9 Å². The van der Waals surface area contributed by atoms with E-state index in [1.165, 1.54) is 18.3 Å². The van der Waals surface area contributed by atoms with Crippen LogP contribution in [0.1, 0.15) is 42.1 Å². The molecule has 4 nitrogen and oxygen atoms in total. The maximum Gasteiger partial charge on any atom is 0.159 e. The number of sulfone groups is 1. The zero-order chi connectivity index (χ0) is 12.5. The van der Waals surface area contributed by atoms with Gasteiger partial charge in [0.25, 0.3) is 0 Å². The van der Waals surface area contributed by atoms with Crippen molar-refractivity contribution in [2.75, 3.05) is 5.75 Å². The quantitative estimate of drug-likeness (QED) is 0.844. The van der Waals surface area contributed by atoms with Crippen molar-refractivity contribution < 1.29 is 13.2 Å². The van der Waals surface area contributed by atoms with Crippen LogP contribution in [0.25, 0.3) is 0 Å². The van der Waals surface area contributed by atoms with E-state index >= 15 is 0 Å². The Balaban J connectivity index is 2.22. The molecule has 0 amide bonds. The van der Waals surface area contributed by atoms with Gasteiger partial charge >= 0.3 is 0 Å². The third-order valence-corrected chi connectivity index (χ3v) is 6.19. The van der Waals surface area contributed by atoms with E-state index in [0.717, 1.165) is 12.8 Å². The lowest BCUT2D eigenvalue weighted by Crippen LogP contribution is -2.21. The maximum atomic E-state index is 11.9. The van der Waals surface area contributed by atoms with Crippen molar-refractivity contribution in [3.8, 4) is 0 Å². The summed E-state index contributed by atoms with van der Waals surface area (Å²) in [5.74, 6) is 0.313. The third-order valence-electron chi connectivity index (χ3n) is 2.85. The van der Waals surface area contributed by atoms with Gasteiger partial charge in [0, 0.05) is 11.8 Å². The van der Waals surface area contributed by atoms with Crippen LogP contribution >= 0.6 is 11.3 Å². The Morgan fingerprint density at radius 3 is 2.94 bits per heavy atom. The Morgan fingerprint density at radius 2 is 2.29 bits per heavy atom. The number of aromatic nitrogens is 1. The second-order valence-corrected chi connectivity index (χ2v) is 7.60. The van der Waals surface area contributed by atoms with Crippen molar-refractivity contribution in [2.24, 2.45) is 0 Å². The van der Waals surface area contributed by atoms with Gasteiger partial charge in [0.15, 0.2) is 9.84 Å². The Morgan fingerprint density at radius 1 is 1.53 bits per heavy atom. The summed E-state index contributed by atoms with van der Waals surface area (Å²) < 4.78 is 23.8. The van der Waals surface area contributed by atoms with Gasteiger partial charge in [-0.05, 0) is 19.8 Å². The minimum absolute atomic E-state index is 0.0494. The van der Waals surface area contributed by atoms with Gasteiger partial charge in [-0.25, -0.2) is 13.4 Å². The molecule has 2 heterocycles. The molecule has 17 heavy (non-hydrogen) atoms. The second kappa shape index (κ2) is 4.86. The molecule has 6 heteroatoms. The summed E-state index contributed by atoms with van der Waals surface area (Å²) >= 11 is 1.36. The molecule has 0 radical (unpaired) electrons. The minimum atomic E-state index is -3.03. The highest BCUT2D eigenvalue weighted by atomic mass is 32.2. The predicted molar refractivity (Wildman–Crippen MR) is 66.9 cm³/mol. The molecule has 1 saturated heterocycles. The van der Waals surface area contributed by atoms with Gasteiger partial charge in [-0.1, -0.05) is 6.42 Å². The van der Waals surface area contributed by atoms with Crippen molar-refractivity contribution in [3.05, 3.63) is 16.1 Å². The summed E-state index contributed by atoms with van der Waals surface area (Å²) in [6.45, 7) is 1.51. The summed E-state index contributed by atoms with van der Waals surface area (Å²) in [6, 6.07) is 0. The number of carbonyl (C=O) groups is 1. The highest BCUT2D eigenvalue weighted by molar-refractivity contribution is 7.91. The molecule has 1 fully saturated rings. The highest BCUT2D eigenvalue weighted by Crippen LogP contribution is 2.34. The van der Waals surface area contributed by atoms with Gasteiger partial charge in [0.05, 0.1) is 11.4 Å². The number of carbonyl (C=O) groups excluding carboxylic acids is 1. The topological polar surface area (TPSA) is 64.1 Å². The average molecular weight is 273 g/mol. The van der Waals surface area contributed by atoms with E-state index in [2.05, 4.69) is 4.98 Å². The van der Waals surface area contributed by atoms with Gasteiger partial charge < -0.3 is 0 Å². The molecule has 0 aromatic carbocycles. The van der Waals surface area contributed by atoms with Crippen LogP contribution in [0.15, 0.2) is 5.38 Å². The molecule has 2 rings (SSSR count). The molecule has 94 valence electrons. The predicted octanol–water partition coefficient (Wildman–Crippen LogP) is 1.91. The first-order valence-electron chi connectivity index (χ1n) is 5.64. The Labute approximate surface area is 105 Å². The van der Waals surface area contributed by atoms with Crippen LogP contribution in [-0.4, -0.2) is 24.9 Å². The summed E-state index contributed by atoms with van der Waals surface area (Å²) in [5.41, 5.74) is 0.693. The first-order chi connectivity index (χ1) is 7.99. The van der Waals surface area contributed by atoms with E-state index in [4.69, 9.17) is 0 Å². The summed E-state index contributed by atoms with van der Waals surface area (Å²) in [6.07, 6.45) is 2.65. The summed E-state index contributed by atoms with van der Waals surface area (Å²) in [7, 11) is -3.03. The second-order valence-electron chi connectivity index (χ2n) is 4.41. The van der Waals surface area contributed by atoms with Crippen LogP contribution in [-0.2, 0) is 21.1 Å². The largest absolute Gasteiger partial charge is 0.300 e. The fourth-order valence-electron chi connectivity index (χ4n) is 2.04. The van der Waals surface area contributed by atoms with Crippen LogP contribution in [0.2, 0.25) is 0 Å². The lowest BCUT2D eigenvalue weighted by atomic mass is 10.2. The number of rotatable bonds is 3. The van der Waals surface area contributed by atoms with Gasteiger partial charge in [-0.15, -0.1) is 11.3 Å². The number of hydrogen-bond donors (Lipinski definition) is 0. The Bertz CT molecular complexity index is 519. The van der Waals surface area contributed by atoms with E-state index < -0.39 is 15.1 Å². The molecular weight excluding hydrogens is 258 g/mol. The third kappa shape index (κ3) is 2.93. The molecule has 1 atom stereocenters. The average Bonchev–Trinajstić information content (AvgIpc) is 2.64. The van der Waals surface area contributed by atoms with Gasteiger partial charge in [0.2, 0.25) is 0 Å². The lowest BCUT2D eigenvalue weighted by molar-refractivity contribution is -0.116. The molecule has 0 saturated carbocycles. The van der Waals surface area contributed by atoms with Crippen LogP contribution in [0.5, 0.6) is 0 Å². The van der Waals surface area contributed by atoms with Gasteiger partial charge in [0.1, 0.15) is 16.0 Å². The van der Waals surface area contributed by atoms with Crippen molar-refractivity contribution in [1.82, 2.24) is 4.98 Å². The Hall–Kier alpha value is -0.750. The maximum absolute atomic E-state index is 11.9. The minimum Gasteiger partial charge on any atom is -0.300 e. The molecule has 1 aliphatic heterocycles. The molecule has 0 aliphatic carbocycles. The van der Waals surface area contributed by atoms with Crippen molar-refractivity contribution in [3.63, 3.8) is 0 Å². The van der Waals surface area contributed by atoms with E-state index in [1.54, 1.807) is 5.38 Å². The van der Waals surface area contributed by atoms with Gasteiger partial charge in [-0.3, -0.25) is 4.79 Å². The van der Waals surface area contributed by atoms with E-state index in [9.17, 15) is 13.2 Å². The summed E-state index contributed by atoms with van der Waals surface area (Å²) in [5, 5.41) is 2.00. The monoisotopic (exact) mass is 273 g/mol. The number of Topliss-reactive ketones (excluding diaryl/α,β-unsaturated/α-hetero) is 1. The number of nitrogens with zero attached hydrogens (tertiary/aromatic N) is 1. The van der Waals surface area contributed by atoms with Crippen LogP contribution in [0, 0.1) is 0 Å². The van der Waals surface area contributed by atoms with E-state index in [0.29, 0.717) is 23.5 Å². The normalized spacial score (nSPS) is 23.5. The Kier molecular flexibility index (Phi) is 3.63. The molecule has 1 aromatic rings. The van der Waals surface area contributed by atoms with Crippen LogP contribution < -0.4 is 0 Å². The molecule has 0 spiro atoms. The van der Waals surface area contributed by atoms with Gasteiger partial charge in [-0.2, -0.15) is 0 Å². The number of hydrogen-bond acceptors (Lipinski definition) is 5. The van der Waals surface area contributed by atoms with E-state index in [1.807, 2.05) is 0 Å². The van der Waals surface area contributed by atoms with Crippen molar-refractivity contribution in [1.29, 1.82) is 0 Å². The fourth-order valence-corrected chi connectivity index (χ4v) is 5.25. The summed E-state index contributed by atoms with van der Waals surface area (Å²) in [4.78, 5) is 15.3. The molecule has 1 aliphatic rings. The number of ketones is 1. The molecule has 0 bridgehead atoms. The highest BCUT2D eigenvalue weighted by Gasteiger charge is 2.32. The first kappa shape index (κ1) is 12.7. The zero-order valence-corrected chi connectivity index (χ0v) is 11.3. The lowest BCUT2D eigenvalue weighted by Gasteiger charge is -2.19. The fraction of sp³-hybridized carbons (Fsp3) is 0.636.